The Hall–Kier alpha value is -4.04. The summed E-state index contributed by atoms with van der Waals surface area (Å²) in [5.41, 5.74) is 13.8. The molecule has 8 saturated carbocycles. The van der Waals surface area contributed by atoms with Gasteiger partial charge in [0, 0.05) is 33.3 Å². The summed E-state index contributed by atoms with van der Waals surface area (Å²) >= 11 is 0. The molecule has 1 heterocycles. The van der Waals surface area contributed by atoms with E-state index in [1.165, 1.54) is 134 Å². The molecule has 1 atom stereocenters. The van der Waals surface area contributed by atoms with E-state index in [-0.39, 0.29) is 5.41 Å². The smallest absolute Gasteiger partial charge is 0.135 e. The third-order valence-corrected chi connectivity index (χ3v) is 17.4. The topological polar surface area (TPSA) is 16.4 Å². The SMILES string of the molecule is CC1(C)c2cc(N(C3=CCC(C45CC6CC(CC(C6)C4)C5)C=C3)c3ccc(C45CC6CC(CC(C6)C4)C5)cc3)ccc2-c2ccc3oc4ccccc4c3c21. The molecular weight excluding hydrogens is 667 g/mol. The predicted octanol–water partition coefficient (Wildman–Crippen LogP) is 14.2. The molecule has 0 N–H and O–H groups in total. The molecule has 0 saturated heterocycles. The molecule has 4 aromatic carbocycles. The first-order valence-electron chi connectivity index (χ1n) is 22.2. The van der Waals surface area contributed by atoms with E-state index in [0.717, 1.165) is 46.7 Å². The average Bonchev–Trinajstić information content (AvgIpc) is 3.66. The highest BCUT2D eigenvalue weighted by Crippen LogP contribution is 2.65. The molecule has 55 heavy (non-hydrogen) atoms. The van der Waals surface area contributed by atoms with Gasteiger partial charge >= 0.3 is 0 Å². The van der Waals surface area contributed by atoms with Crippen LogP contribution in [0.15, 0.2) is 107 Å². The monoisotopic (exact) mass is 721 g/mol. The Morgan fingerprint density at radius 1 is 0.618 bits per heavy atom. The maximum Gasteiger partial charge on any atom is 0.135 e. The van der Waals surface area contributed by atoms with Crippen molar-refractivity contribution in [3.05, 3.63) is 119 Å². The van der Waals surface area contributed by atoms with Gasteiger partial charge in [-0.2, -0.15) is 0 Å². The van der Waals surface area contributed by atoms with Crippen molar-refractivity contribution in [2.24, 2.45) is 46.8 Å². The summed E-state index contributed by atoms with van der Waals surface area (Å²) in [6.07, 6.45) is 26.7. The summed E-state index contributed by atoms with van der Waals surface area (Å²) in [5.74, 6) is 6.55. The minimum absolute atomic E-state index is 0.165. The summed E-state index contributed by atoms with van der Waals surface area (Å²) in [7, 11) is 0. The molecule has 8 fully saturated rings. The van der Waals surface area contributed by atoms with Gasteiger partial charge in [-0.15, -0.1) is 0 Å². The largest absolute Gasteiger partial charge is 0.456 e. The van der Waals surface area contributed by atoms with Gasteiger partial charge in [-0.25, -0.2) is 0 Å². The Labute approximate surface area is 327 Å². The van der Waals surface area contributed by atoms with E-state index in [1.54, 1.807) is 5.56 Å². The van der Waals surface area contributed by atoms with Crippen molar-refractivity contribution in [1.29, 1.82) is 0 Å². The highest BCUT2D eigenvalue weighted by molar-refractivity contribution is 6.11. The zero-order chi connectivity index (χ0) is 36.3. The maximum atomic E-state index is 6.42. The Balaban J connectivity index is 0.899. The van der Waals surface area contributed by atoms with Crippen LogP contribution < -0.4 is 4.90 Å². The van der Waals surface area contributed by atoms with Crippen molar-refractivity contribution in [2.75, 3.05) is 4.90 Å². The molecule has 0 amide bonds. The van der Waals surface area contributed by atoms with Crippen LogP contribution in [0.25, 0.3) is 33.1 Å². The number of hydrogen-bond donors (Lipinski definition) is 0. The molecule has 0 spiro atoms. The number of rotatable bonds is 5. The first-order chi connectivity index (χ1) is 26.8. The fourth-order valence-corrected chi connectivity index (χ4v) is 16.0. The third-order valence-electron chi connectivity index (χ3n) is 17.4. The lowest BCUT2D eigenvalue weighted by atomic mass is 9.46. The van der Waals surface area contributed by atoms with Crippen LogP contribution in [0, 0.1) is 46.8 Å². The van der Waals surface area contributed by atoms with Crippen LogP contribution in [0.5, 0.6) is 0 Å². The van der Waals surface area contributed by atoms with Gasteiger partial charge in [0.25, 0.3) is 0 Å². The first-order valence-corrected chi connectivity index (χ1v) is 22.2. The molecule has 10 aliphatic rings. The van der Waals surface area contributed by atoms with E-state index in [2.05, 4.69) is 116 Å². The molecule has 0 radical (unpaired) electrons. The minimum atomic E-state index is -0.165. The molecular formula is C53H55NO. The number of furan rings is 1. The van der Waals surface area contributed by atoms with Gasteiger partial charge in [0.1, 0.15) is 11.2 Å². The highest BCUT2D eigenvalue weighted by Gasteiger charge is 2.54. The van der Waals surface area contributed by atoms with Crippen molar-refractivity contribution in [1.82, 2.24) is 0 Å². The summed E-state index contributed by atoms with van der Waals surface area (Å²) < 4.78 is 6.42. The Bertz CT molecular complexity index is 2400. The summed E-state index contributed by atoms with van der Waals surface area (Å²) in [4.78, 5) is 2.61. The number of anilines is 2. The number of fused-ring (bicyclic) bond motifs is 7. The molecule has 2 heteroatoms. The van der Waals surface area contributed by atoms with Crippen LogP contribution in [0.3, 0.4) is 0 Å². The summed E-state index contributed by atoms with van der Waals surface area (Å²) in [6.45, 7) is 4.87. The fourth-order valence-electron chi connectivity index (χ4n) is 16.0. The Kier molecular flexibility index (Phi) is 6.46. The molecule has 2 nitrogen and oxygen atoms in total. The van der Waals surface area contributed by atoms with Gasteiger partial charge in [-0.05, 0) is 206 Å². The number of benzene rings is 4. The van der Waals surface area contributed by atoms with Crippen LogP contribution >= 0.6 is 0 Å². The zero-order valence-corrected chi connectivity index (χ0v) is 32.8. The molecule has 1 unspecified atom stereocenters. The van der Waals surface area contributed by atoms with E-state index < -0.39 is 0 Å². The Morgan fingerprint density at radius 3 is 1.89 bits per heavy atom. The second-order valence-corrected chi connectivity index (χ2v) is 21.0. The Morgan fingerprint density at radius 2 is 1.24 bits per heavy atom. The molecule has 1 aromatic heterocycles. The van der Waals surface area contributed by atoms with Crippen LogP contribution in [0.2, 0.25) is 0 Å². The fraction of sp³-hybridized carbons (Fsp3) is 0.472. The van der Waals surface area contributed by atoms with Gasteiger partial charge in [-0.3, -0.25) is 0 Å². The first kappa shape index (κ1) is 32.1. The molecule has 5 aromatic rings. The zero-order valence-electron chi connectivity index (χ0n) is 32.8. The van der Waals surface area contributed by atoms with Gasteiger partial charge in [0.2, 0.25) is 0 Å². The van der Waals surface area contributed by atoms with E-state index in [0.29, 0.717) is 16.7 Å². The molecule has 278 valence electrons. The molecule has 10 aliphatic carbocycles. The van der Waals surface area contributed by atoms with Crippen molar-refractivity contribution < 1.29 is 4.42 Å². The number of allylic oxidation sites excluding steroid dienone is 3. The van der Waals surface area contributed by atoms with Crippen LogP contribution in [0.1, 0.15) is 114 Å². The maximum absolute atomic E-state index is 6.42. The molecule has 15 rings (SSSR count). The van der Waals surface area contributed by atoms with Gasteiger partial charge in [-0.1, -0.05) is 68.5 Å². The van der Waals surface area contributed by atoms with Gasteiger partial charge in [0.15, 0.2) is 0 Å². The second kappa shape index (κ2) is 11.1. The number of nitrogens with zero attached hydrogens (tertiary/aromatic N) is 1. The molecule has 0 aliphatic heterocycles. The van der Waals surface area contributed by atoms with Crippen LogP contribution in [0.4, 0.5) is 11.4 Å². The number of hydrogen-bond acceptors (Lipinski definition) is 2. The summed E-state index contributed by atoms with van der Waals surface area (Å²) in [6, 6.07) is 30.5. The second-order valence-electron chi connectivity index (χ2n) is 21.0. The number of para-hydroxylation sites is 1. The van der Waals surface area contributed by atoms with E-state index >= 15 is 0 Å². The van der Waals surface area contributed by atoms with Crippen molar-refractivity contribution in [2.45, 2.75) is 108 Å². The lowest BCUT2D eigenvalue weighted by Crippen LogP contribution is -2.49. The average molecular weight is 722 g/mol. The van der Waals surface area contributed by atoms with Gasteiger partial charge < -0.3 is 9.32 Å². The summed E-state index contributed by atoms with van der Waals surface area (Å²) in [5, 5.41) is 2.50. The van der Waals surface area contributed by atoms with Crippen molar-refractivity contribution >= 4 is 33.3 Å². The van der Waals surface area contributed by atoms with Crippen LogP contribution in [-0.4, -0.2) is 0 Å². The minimum Gasteiger partial charge on any atom is -0.456 e. The van der Waals surface area contributed by atoms with E-state index in [1.807, 2.05) is 0 Å². The van der Waals surface area contributed by atoms with Crippen LogP contribution in [-0.2, 0) is 10.8 Å². The lowest BCUT2D eigenvalue weighted by Gasteiger charge is -2.59. The van der Waals surface area contributed by atoms with Crippen molar-refractivity contribution in [3.63, 3.8) is 0 Å². The lowest BCUT2D eigenvalue weighted by molar-refractivity contribution is -0.0760. The normalized spacial score (nSPS) is 35.7. The van der Waals surface area contributed by atoms with E-state index in [4.69, 9.17) is 4.42 Å². The standard InChI is InChI=1S/C53H55NO/c1-51(2)46-25-42(15-16-43(46)44-17-18-48-49(50(44)51)45-5-3-4-6-47(45)55-48)54(40-11-7-38(8-12-40)52-26-32-19-33(27-52)21-34(20-32)28-52)41-13-9-39(10-14-41)53-29-35-22-36(30-53)24-37(23-35)31-53/h3-9,11-18,25,32-37,39H,10,19-24,26-31H2,1-2H3. The van der Waals surface area contributed by atoms with Gasteiger partial charge in [0.05, 0.1) is 0 Å². The third kappa shape index (κ3) is 4.55. The molecule has 8 bridgehead atoms. The highest BCUT2D eigenvalue weighted by atomic mass is 16.3. The van der Waals surface area contributed by atoms with E-state index in [9.17, 15) is 0 Å². The van der Waals surface area contributed by atoms with Crippen molar-refractivity contribution in [3.8, 4) is 11.1 Å². The quantitative estimate of drug-likeness (QED) is 0.180. The predicted molar refractivity (Wildman–Crippen MR) is 226 cm³/mol.